The Morgan fingerprint density at radius 2 is 2.00 bits per heavy atom. The van der Waals surface area contributed by atoms with E-state index in [0.29, 0.717) is 25.0 Å². The Morgan fingerprint density at radius 1 is 1.38 bits per heavy atom. The molecule has 0 spiro atoms. The zero-order valence-corrected chi connectivity index (χ0v) is 7.75. The summed E-state index contributed by atoms with van der Waals surface area (Å²) in [5.41, 5.74) is 0. The van der Waals surface area contributed by atoms with Crippen LogP contribution in [-0.2, 0) is 9.59 Å². The van der Waals surface area contributed by atoms with Gasteiger partial charge in [0.1, 0.15) is 0 Å². The lowest BCUT2D eigenvalue weighted by Gasteiger charge is -2.25. The fourth-order valence-corrected chi connectivity index (χ4v) is 2.01. The van der Waals surface area contributed by atoms with E-state index in [0.717, 1.165) is 12.8 Å². The summed E-state index contributed by atoms with van der Waals surface area (Å²) in [6, 6.07) is 0.486. The van der Waals surface area contributed by atoms with Crippen LogP contribution in [0.5, 0.6) is 0 Å². The van der Waals surface area contributed by atoms with Gasteiger partial charge in [-0.2, -0.15) is 0 Å². The topological polar surface area (TPSA) is 49.4 Å². The fourth-order valence-electron chi connectivity index (χ4n) is 2.01. The van der Waals surface area contributed by atoms with Gasteiger partial charge in [0.25, 0.3) is 0 Å². The van der Waals surface area contributed by atoms with Gasteiger partial charge in [0, 0.05) is 6.04 Å². The second-order valence-corrected chi connectivity index (χ2v) is 3.85. The summed E-state index contributed by atoms with van der Waals surface area (Å²) in [6.07, 6.45) is 2.30. The number of nitrogens with one attached hydrogen (secondary N) is 1. The Bertz CT molecular complexity index is 236. The van der Waals surface area contributed by atoms with E-state index in [2.05, 4.69) is 12.2 Å². The number of piperazine rings is 1. The standard InChI is InChI=1S/C9H14N2O2/c1-2-6-3-7(6)11-4-8(12)10-9(13)5-11/h6-7H,2-5H2,1H3,(H,10,12,13). The maximum absolute atomic E-state index is 11.0. The molecule has 4 nitrogen and oxygen atoms in total. The van der Waals surface area contributed by atoms with Gasteiger partial charge in [0.2, 0.25) is 11.8 Å². The number of carbonyl (C=O) groups excluding carboxylic acids is 2. The molecule has 2 unspecified atom stereocenters. The minimum absolute atomic E-state index is 0.155. The highest BCUT2D eigenvalue weighted by molar-refractivity contribution is 5.99. The van der Waals surface area contributed by atoms with Gasteiger partial charge < -0.3 is 0 Å². The molecule has 2 fully saturated rings. The zero-order chi connectivity index (χ0) is 9.42. The number of amides is 2. The monoisotopic (exact) mass is 182 g/mol. The molecule has 2 amide bonds. The van der Waals surface area contributed by atoms with Crippen LogP contribution in [0.1, 0.15) is 19.8 Å². The van der Waals surface area contributed by atoms with E-state index >= 15 is 0 Å². The van der Waals surface area contributed by atoms with Crippen LogP contribution in [0.25, 0.3) is 0 Å². The highest BCUT2D eigenvalue weighted by Gasteiger charge is 2.42. The molecule has 1 saturated carbocycles. The number of carbonyl (C=O) groups is 2. The summed E-state index contributed by atoms with van der Waals surface area (Å²) in [5.74, 6) is 0.398. The van der Waals surface area contributed by atoms with Gasteiger partial charge >= 0.3 is 0 Å². The third-order valence-electron chi connectivity index (χ3n) is 2.85. The second kappa shape index (κ2) is 3.10. The molecule has 1 N–H and O–H groups in total. The largest absolute Gasteiger partial charge is 0.294 e. The van der Waals surface area contributed by atoms with Gasteiger partial charge in [-0.1, -0.05) is 13.3 Å². The third-order valence-corrected chi connectivity index (χ3v) is 2.85. The Kier molecular flexibility index (Phi) is 2.07. The first-order chi connectivity index (χ1) is 6.20. The van der Waals surface area contributed by atoms with E-state index in [1.165, 1.54) is 0 Å². The molecule has 2 aliphatic rings. The van der Waals surface area contributed by atoms with E-state index in [1.807, 2.05) is 4.90 Å². The van der Waals surface area contributed by atoms with E-state index in [-0.39, 0.29) is 11.8 Å². The average Bonchev–Trinajstić information content (AvgIpc) is 2.80. The molecule has 2 atom stereocenters. The summed E-state index contributed by atoms with van der Waals surface area (Å²) in [6.45, 7) is 2.94. The van der Waals surface area contributed by atoms with E-state index in [1.54, 1.807) is 0 Å². The second-order valence-electron chi connectivity index (χ2n) is 3.85. The molecule has 0 aromatic rings. The highest BCUT2D eigenvalue weighted by atomic mass is 16.2. The number of nitrogens with zero attached hydrogens (tertiary/aromatic N) is 1. The van der Waals surface area contributed by atoms with Crippen LogP contribution in [0.2, 0.25) is 0 Å². The van der Waals surface area contributed by atoms with Crippen molar-refractivity contribution in [2.45, 2.75) is 25.8 Å². The van der Waals surface area contributed by atoms with Crippen LogP contribution in [0.15, 0.2) is 0 Å². The molecular weight excluding hydrogens is 168 g/mol. The lowest BCUT2D eigenvalue weighted by Crippen LogP contribution is -2.52. The number of hydrogen-bond donors (Lipinski definition) is 1. The van der Waals surface area contributed by atoms with Crippen molar-refractivity contribution in [3.63, 3.8) is 0 Å². The summed E-state index contributed by atoms with van der Waals surface area (Å²) in [4.78, 5) is 24.1. The highest BCUT2D eigenvalue weighted by Crippen LogP contribution is 2.38. The van der Waals surface area contributed by atoms with Crippen molar-refractivity contribution in [1.29, 1.82) is 0 Å². The van der Waals surface area contributed by atoms with Crippen molar-refractivity contribution in [2.75, 3.05) is 13.1 Å². The normalized spacial score (nSPS) is 34.5. The maximum atomic E-state index is 11.0. The first-order valence-corrected chi connectivity index (χ1v) is 4.77. The first-order valence-electron chi connectivity index (χ1n) is 4.77. The van der Waals surface area contributed by atoms with Crippen molar-refractivity contribution in [3.05, 3.63) is 0 Å². The van der Waals surface area contributed by atoms with Gasteiger partial charge in [0.05, 0.1) is 13.1 Å². The minimum Gasteiger partial charge on any atom is -0.294 e. The van der Waals surface area contributed by atoms with Gasteiger partial charge in [-0.25, -0.2) is 0 Å². The molecule has 4 heteroatoms. The molecule has 1 heterocycles. The van der Waals surface area contributed by atoms with Crippen molar-refractivity contribution in [1.82, 2.24) is 10.2 Å². The molecule has 0 aromatic carbocycles. The molecule has 0 aromatic heterocycles. The quantitative estimate of drug-likeness (QED) is 0.599. The molecule has 1 aliphatic heterocycles. The van der Waals surface area contributed by atoms with Crippen molar-refractivity contribution < 1.29 is 9.59 Å². The van der Waals surface area contributed by atoms with Crippen molar-refractivity contribution in [2.24, 2.45) is 5.92 Å². The van der Waals surface area contributed by atoms with Crippen LogP contribution in [0.4, 0.5) is 0 Å². The van der Waals surface area contributed by atoms with Crippen LogP contribution in [0.3, 0.4) is 0 Å². The molecule has 72 valence electrons. The van der Waals surface area contributed by atoms with Crippen LogP contribution in [-0.4, -0.2) is 35.8 Å². The number of imide groups is 1. The number of hydrogen-bond acceptors (Lipinski definition) is 3. The lowest BCUT2D eigenvalue weighted by atomic mass is 10.3. The Labute approximate surface area is 77.3 Å². The van der Waals surface area contributed by atoms with Gasteiger partial charge in [-0.15, -0.1) is 0 Å². The maximum Gasteiger partial charge on any atom is 0.240 e. The molecule has 0 bridgehead atoms. The predicted molar refractivity (Wildman–Crippen MR) is 46.9 cm³/mol. The van der Waals surface area contributed by atoms with Crippen molar-refractivity contribution in [3.8, 4) is 0 Å². The molecule has 13 heavy (non-hydrogen) atoms. The average molecular weight is 182 g/mol. The molecular formula is C9H14N2O2. The van der Waals surface area contributed by atoms with E-state index < -0.39 is 0 Å². The van der Waals surface area contributed by atoms with Gasteiger partial charge in [-0.3, -0.25) is 19.8 Å². The van der Waals surface area contributed by atoms with E-state index in [9.17, 15) is 9.59 Å². The fraction of sp³-hybridized carbons (Fsp3) is 0.778. The summed E-state index contributed by atoms with van der Waals surface area (Å²) in [7, 11) is 0. The first kappa shape index (κ1) is 8.69. The van der Waals surface area contributed by atoms with Crippen LogP contribution >= 0.6 is 0 Å². The Morgan fingerprint density at radius 3 is 2.46 bits per heavy atom. The Hall–Kier alpha value is -0.900. The van der Waals surface area contributed by atoms with E-state index in [4.69, 9.17) is 0 Å². The predicted octanol–water partition coefficient (Wildman–Crippen LogP) is -0.257. The zero-order valence-electron chi connectivity index (χ0n) is 7.75. The molecule has 0 radical (unpaired) electrons. The van der Waals surface area contributed by atoms with Crippen LogP contribution < -0.4 is 5.32 Å². The summed E-state index contributed by atoms with van der Waals surface area (Å²) in [5, 5.41) is 2.31. The van der Waals surface area contributed by atoms with Gasteiger partial charge in [0.15, 0.2) is 0 Å². The van der Waals surface area contributed by atoms with Crippen LogP contribution in [0, 0.1) is 5.92 Å². The number of rotatable bonds is 2. The summed E-state index contributed by atoms with van der Waals surface area (Å²) >= 11 is 0. The molecule has 2 rings (SSSR count). The Balaban J connectivity index is 1.93. The SMILES string of the molecule is CCC1CC1N1CC(=O)NC(=O)C1. The lowest BCUT2D eigenvalue weighted by molar-refractivity contribution is -0.136. The molecule has 1 saturated heterocycles. The smallest absolute Gasteiger partial charge is 0.240 e. The van der Waals surface area contributed by atoms with Crippen molar-refractivity contribution >= 4 is 11.8 Å². The van der Waals surface area contributed by atoms with Gasteiger partial charge in [-0.05, 0) is 12.3 Å². The summed E-state index contributed by atoms with van der Waals surface area (Å²) < 4.78 is 0. The molecule has 1 aliphatic carbocycles. The third kappa shape index (κ3) is 1.72. The minimum atomic E-state index is -0.155.